The van der Waals surface area contributed by atoms with Crippen LogP contribution in [0.4, 0.5) is 0 Å². The van der Waals surface area contributed by atoms with E-state index in [0.717, 1.165) is 30.4 Å². The van der Waals surface area contributed by atoms with Gasteiger partial charge in [0, 0.05) is 40.3 Å². The smallest absolute Gasteiger partial charge is 0.191 e. The zero-order valence-corrected chi connectivity index (χ0v) is 18.0. The summed E-state index contributed by atoms with van der Waals surface area (Å²) in [5.74, 6) is 0.828. The van der Waals surface area contributed by atoms with E-state index in [2.05, 4.69) is 53.5 Å². The molecule has 7 heteroatoms. The number of rotatable bonds is 6. The molecule has 0 amide bonds. The van der Waals surface area contributed by atoms with E-state index in [0.29, 0.717) is 6.04 Å². The molecule has 0 aliphatic heterocycles. The molecule has 0 aliphatic rings. The summed E-state index contributed by atoms with van der Waals surface area (Å²) in [5.41, 5.74) is 0. The Kier molecular flexibility index (Phi) is 9.08. The minimum absolute atomic E-state index is 0. The Morgan fingerprint density at radius 2 is 2.09 bits per heavy atom. The third-order valence-electron chi connectivity index (χ3n) is 3.27. The first kappa shape index (κ1) is 20.4. The average molecular weight is 464 g/mol. The van der Waals surface area contributed by atoms with E-state index in [1.54, 1.807) is 18.4 Å². The molecule has 0 aliphatic carbocycles. The van der Waals surface area contributed by atoms with Gasteiger partial charge in [-0.05, 0) is 32.4 Å². The molecule has 2 aromatic rings. The van der Waals surface area contributed by atoms with Crippen LogP contribution in [0.2, 0.25) is 0 Å². The van der Waals surface area contributed by atoms with Crippen LogP contribution in [-0.4, -0.2) is 24.0 Å². The predicted molar refractivity (Wildman–Crippen MR) is 112 cm³/mol. The van der Waals surface area contributed by atoms with Crippen molar-refractivity contribution in [2.24, 2.45) is 4.99 Å². The molecule has 0 saturated heterocycles. The summed E-state index contributed by atoms with van der Waals surface area (Å²) in [5, 5.41) is 7.87. The van der Waals surface area contributed by atoms with E-state index in [4.69, 9.17) is 0 Å². The molecule has 23 heavy (non-hydrogen) atoms. The second kappa shape index (κ2) is 10.2. The van der Waals surface area contributed by atoms with Gasteiger partial charge in [0.25, 0.3) is 0 Å². The first-order valence-electron chi connectivity index (χ1n) is 7.56. The number of thiophene rings is 1. The van der Waals surface area contributed by atoms with E-state index < -0.39 is 0 Å². The third-order valence-corrected chi connectivity index (χ3v) is 5.43. The van der Waals surface area contributed by atoms with Crippen molar-refractivity contribution >= 4 is 52.6 Å². The molecule has 2 aromatic heterocycles. The maximum absolute atomic E-state index is 4.42. The first-order valence-corrected chi connectivity index (χ1v) is 9.20. The van der Waals surface area contributed by atoms with Crippen LogP contribution >= 0.6 is 46.7 Å². The maximum Gasteiger partial charge on any atom is 0.191 e. The number of hydrogen-bond acceptors (Lipinski definition) is 4. The molecule has 0 saturated carbocycles. The molecule has 0 fully saturated rings. The minimum Gasteiger partial charge on any atom is -0.354 e. The highest BCUT2D eigenvalue weighted by Gasteiger charge is 2.08. The highest BCUT2D eigenvalue weighted by Crippen LogP contribution is 2.16. The van der Waals surface area contributed by atoms with Crippen LogP contribution in [0, 0.1) is 6.92 Å². The Labute approximate surface area is 163 Å². The van der Waals surface area contributed by atoms with Crippen molar-refractivity contribution in [3.05, 3.63) is 38.0 Å². The van der Waals surface area contributed by atoms with E-state index in [1.165, 1.54) is 14.6 Å². The second-order valence-electron chi connectivity index (χ2n) is 5.26. The summed E-state index contributed by atoms with van der Waals surface area (Å²) in [6.45, 7) is 7.19. The van der Waals surface area contributed by atoms with Crippen LogP contribution in [0.5, 0.6) is 0 Å². The van der Waals surface area contributed by atoms with Gasteiger partial charge in [0.1, 0.15) is 5.01 Å². The SMILES string of the molecule is CCc1cnc(CNC(=NC)NC(C)Cc2ccc(C)s2)s1.I. The molecule has 2 rings (SSSR count). The molecule has 2 N–H and O–H groups in total. The standard InChI is InChI=1S/C16H24N4S2.HI/c1-5-13-9-18-15(22-13)10-19-16(17-4)20-11(2)8-14-7-6-12(3)21-14;/h6-7,9,11H,5,8,10H2,1-4H3,(H2,17,19,20);1H. The van der Waals surface area contributed by atoms with Crippen LogP contribution in [0.3, 0.4) is 0 Å². The van der Waals surface area contributed by atoms with E-state index >= 15 is 0 Å². The van der Waals surface area contributed by atoms with Gasteiger partial charge < -0.3 is 10.6 Å². The molecule has 1 atom stereocenters. The Bertz CT molecular complexity index is 621. The van der Waals surface area contributed by atoms with Crippen molar-refractivity contribution in [3.63, 3.8) is 0 Å². The van der Waals surface area contributed by atoms with Gasteiger partial charge in [-0.15, -0.1) is 46.7 Å². The monoisotopic (exact) mass is 464 g/mol. The highest BCUT2D eigenvalue weighted by atomic mass is 127. The van der Waals surface area contributed by atoms with Gasteiger partial charge in [-0.1, -0.05) is 6.92 Å². The number of halogens is 1. The zero-order chi connectivity index (χ0) is 15.9. The molecule has 4 nitrogen and oxygen atoms in total. The zero-order valence-electron chi connectivity index (χ0n) is 14.0. The summed E-state index contributed by atoms with van der Waals surface area (Å²) >= 11 is 3.61. The molecule has 1 unspecified atom stereocenters. The molecular formula is C16H25IN4S2. The molecule has 0 bridgehead atoms. The summed E-state index contributed by atoms with van der Waals surface area (Å²) in [6.07, 6.45) is 4.01. The number of nitrogens with zero attached hydrogens (tertiary/aromatic N) is 2. The first-order chi connectivity index (χ1) is 10.6. The number of thiazole rings is 1. The highest BCUT2D eigenvalue weighted by molar-refractivity contribution is 14.0. The molecule has 2 heterocycles. The van der Waals surface area contributed by atoms with Gasteiger partial charge in [-0.25, -0.2) is 4.98 Å². The molecule has 0 aromatic carbocycles. The minimum atomic E-state index is 0. The molecule has 128 valence electrons. The lowest BCUT2D eigenvalue weighted by atomic mass is 10.2. The molecular weight excluding hydrogens is 439 g/mol. The topological polar surface area (TPSA) is 49.3 Å². The fourth-order valence-electron chi connectivity index (χ4n) is 2.13. The second-order valence-corrected chi connectivity index (χ2v) is 7.83. The molecule has 0 radical (unpaired) electrons. The van der Waals surface area contributed by atoms with Crippen molar-refractivity contribution in [2.45, 2.75) is 46.2 Å². The number of aliphatic imine (C=N–C) groups is 1. The van der Waals surface area contributed by atoms with Crippen molar-refractivity contribution in [2.75, 3.05) is 7.05 Å². The third kappa shape index (κ3) is 6.76. The maximum atomic E-state index is 4.42. The number of nitrogens with one attached hydrogen (secondary N) is 2. The Morgan fingerprint density at radius 3 is 2.65 bits per heavy atom. The largest absolute Gasteiger partial charge is 0.354 e. The number of aromatic nitrogens is 1. The summed E-state index contributed by atoms with van der Waals surface area (Å²) in [6, 6.07) is 4.72. The normalized spacial score (nSPS) is 12.6. The summed E-state index contributed by atoms with van der Waals surface area (Å²) in [4.78, 5) is 12.8. The number of guanidine groups is 1. The van der Waals surface area contributed by atoms with Gasteiger partial charge in [0.15, 0.2) is 5.96 Å². The van der Waals surface area contributed by atoms with Gasteiger partial charge >= 0.3 is 0 Å². The average Bonchev–Trinajstić information content (AvgIpc) is 3.12. The fourth-order valence-corrected chi connectivity index (χ4v) is 3.95. The lowest BCUT2D eigenvalue weighted by molar-refractivity contribution is 0.644. The number of aryl methyl sites for hydroxylation is 2. The van der Waals surface area contributed by atoms with E-state index in [1.807, 2.05) is 17.5 Å². The summed E-state index contributed by atoms with van der Waals surface area (Å²) in [7, 11) is 1.80. The van der Waals surface area contributed by atoms with Crippen molar-refractivity contribution < 1.29 is 0 Å². The number of hydrogen-bond donors (Lipinski definition) is 2. The Hall–Kier alpha value is -0.670. The van der Waals surface area contributed by atoms with E-state index in [-0.39, 0.29) is 24.0 Å². The summed E-state index contributed by atoms with van der Waals surface area (Å²) < 4.78 is 0. The van der Waals surface area contributed by atoms with Gasteiger partial charge in [-0.3, -0.25) is 4.99 Å². The van der Waals surface area contributed by atoms with Crippen LogP contribution in [0.15, 0.2) is 23.3 Å². The van der Waals surface area contributed by atoms with Gasteiger partial charge in [0.2, 0.25) is 0 Å². The van der Waals surface area contributed by atoms with E-state index in [9.17, 15) is 0 Å². The lowest BCUT2D eigenvalue weighted by Crippen LogP contribution is -2.42. The van der Waals surface area contributed by atoms with Gasteiger partial charge in [-0.2, -0.15) is 0 Å². The van der Waals surface area contributed by atoms with Gasteiger partial charge in [0.05, 0.1) is 6.54 Å². The van der Waals surface area contributed by atoms with Crippen LogP contribution < -0.4 is 10.6 Å². The van der Waals surface area contributed by atoms with Crippen LogP contribution in [-0.2, 0) is 19.4 Å². The lowest BCUT2D eigenvalue weighted by Gasteiger charge is -2.16. The van der Waals surface area contributed by atoms with Crippen molar-refractivity contribution in [1.29, 1.82) is 0 Å². The predicted octanol–water partition coefficient (Wildman–Crippen LogP) is 3.99. The quantitative estimate of drug-likeness (QED) is 0.386. The fraction of sp³-hybridized carbons (Fsp3) is 0.500. The van der Waals surface area contributed by atoms with Crippen molar-refractivity contribution in [1.82, 2.24) is 15.6 Å². The van der Waals surface area contributed by atoms with Crippen molar-refractivity contribution in [3.8, 4) is 0 Å². The van der Waals surface area contributed by atoms with Crippen LogP contribution in [0.1, 0.15) is 33.5 Å². The molecule has 0 spiro atoms. The van der Waals surface area contributed by atoms with Crippen LogP contribution in [0.25, 0.3) is 0 Å². The Balaban J connectivity index is 0.00000264. The Morgan fingerprint density at radius 1 is 1.30 bits per heavy atom.